The summed E-state index contributed by atoms with van der Waals surface area (Å²) in [6.07, 6.45) is -0.699. The Morgan fingerprint density at radius 1 is 0.727 bits per heavy atom. The fourth-order valence-electron chi connectivity index (χ4n) is 4.16. The van der Waals surface area contributed by atoms with Gasteiger partial charge in [0.05, 0.1) is 26.9 Å². The van der Waals surface area contributed by atoms with Crippen LogP contribution in [0.15, 0.2) is 60.7 Å². The summed E-state index contributed by atoms with van der Waals surface area (Å²) >= 11 is 0. The first-order valence-corrected chi connectivity index (χ1v) is 10.2. The number of hydrogen-bond acceptors (Lipinski definition) is 7. The van der Waals surface area contributed by atoms with Gasteiger partial charge in [0, 0.05) is 16.7 Å². The summed E-state index contributed by atoms with van der Waals surface area (Å²) in [5, 5.41) is 0. The molecule has 1 atom stereocenters. The van der Waals surface area contributed by atoms with E-state index in [1.54, 1.807) is 55.6 Å². The van der Waals surface area contributed by atoms with E-state index in [2.05, 4.69) is 0 Å². The Hall–Kier alpha value is -4.26. The number of hydrogen-bond donors (Lipinski definition) is 0. The first kappa shape index (κ1) is 20.6. The number of fused-ring (bicyclic) bond motifs is 2. The molecule has 166 valence electrons. The van der Waals surface area contributed by atoms with Crippen LogP contribution in [0.1, 0.15) is 38.7 Å². The molecule has 3 aromatic carbocycles. The van der Waals surface area contributed by atoms with Crippen molar-refractivity contribution in [3.63, 3.8) is 0 Å². The van der Waals surface area contributed by atoms with E-state index in [1.807, 2.05) is 12.1 Å². The number of carbonyl (C=O) groups is 2. The lowest BCUT2D eigenvalue weighted by Crippen LogP contribution is -2.23. The third-order valence-electron chi connectivity index (χ3n) is 5.77. The Morgan fingerprint density at radius 3 is 2.06 bits per heavy atom. The second-order valence-electron chi connectivity index (χ2n) is 7.49. The van der Waals surface area contributed by atoms with Crippen LogP contribution in [0.25, 0.3) is 11.3 Å². The van der Waals surface area contributed by atoms with Gasteiger partial charge in [0.1, 0.15) is 11.3 Å². The molecule has 0 aromatic heterocycles. The molecular weight excluding hydrogens is 424 g/mol. The minimum Gasteiger partial charge on any atom is -0.497 e. The summed E-state index contributed by atoms with van der Waals surface area (Å²) in [6, 6.07) is 17.7. The van der Waals surface area contributed by atoms with Gasteiger partial charge in [-0.05, 0) is 35.9 Å². The standard InChI is InChI=1S/C26H20O7/c1-29-15-10-8-14(9-11-15)23-19-13-21(31-3)20(30-2)12-18(19)22(26(28)32-23)24-16-6-4-5-7-17(16)25(27)33-24/h4-13,23H,1-3H3/b24-22+. The third-order valence-corrected chi connectivity index (χ3v) is 5.77. The fourth-order valence-corrected chi connectivity index (χ4v) is 4.16. The van der Waals surface area contributed by atoms with Gasteiger partial charge in [-0.1, -0.05) is 30.3 Å². The van der Waals surface area contributed by atoms with Crippen LogP contribution in [0.2, 0.25) is 0 Å². The number of cyclic esters (lactones) is 2. The molecule has 0 radical (unpaired) electrons. The van der Waals surface area contributed by atoms with Gasteiger partial charge < -0.3 is 23.7 Å². The number of methoxy groups -OCH3 is 3. The SMILES string of the molecule is COc1ccc(C2OC(=O)/C(=C3/OC(=O)c4ccccc43)c3cc(OC)c(OC)cc32)cc1. The van der Waals surface area contributed by atoms with Crippen LogP contribution in [0.5, 0.6) is 17.2 Å². The van der Waals surface area contributed by atoms with Crippen molar-refractivity contribution in [2.75, 3.05) is 21.3 Å². The Labute approximate surface area is 190 Å². The van der Waals surface area contributed by atoms with Crippen LogP contribution >= 0.6 is 0 Å². The van der Waals surface area contributed by atoms with E-state index >= 15 is 0 Å². The van der Waals surface area contributed by atoms with Crippen molar-refractivity contribution in [3.8, 4) is 17.2 Å². The minimum absolute atomic E-state index is 0.161. The number of benzene rings is 3. The van der Waals surface area contributed by atoms with Gasteiger partial charge in [0.25, 0.3) is 0 Å². The summed E-state index contributed by atoms with van der Waals surface area (Å²) in [5.74, 6) is 0.666. The lowest BCUT2D eigenvalue weighted by molar-refractivity contribution is -0.141. The molecule has 1 unspecified atom stereocenters. The maximum absolute atomic E-state index is 13.4. The van der Waals surface area contributed by atoms with E-state index < -0.39 is 18.0 Å². The zero-order chi connectivity index (χ0) is 23.1. The summed E-state index contributed by atoms with van der Waals surface area (Å²) < 4.78 is 27.7. The summed E-state index contributed by atoms with van der Waals surface area (Å²) in [6.45, 7) is 0. The molecule has 3 aromatic rings. The maximum atomic E-state index is 13.4. The van der Waals surface area contributed by atoms with Crippen molar-refractivity contribution in [1.29, 1.82) is 0 Å². The number of ether oxygens (including phenoxy) is 5. The highest BCUT2D eigenvalue weighted by Gasteiger charge is 2.39. The zero-order valence-corrected chi connectivity index (χ0v) is 18.2. The molecule has 2 aliphatic heterocycles. The third kappa shape index (κ3) is 3.29. The highest BCUT2D eigenvalue weighted by atomic mass is 16.6. The van der Waals surface area contributed by atoms with E-state index in [-0.39, 0.29) is 11.3 Å². The van der Waals surface area contributed by atoms with Crippen LogP contribution in [0.3, 0.4) is 0 Å². The molecule has 0 N–H and O–H groups in total. The van der Waals surface area contributed by atoms with Crippen molar-refractivity contribution >= 4 is 23.3 Å². The Morgan fingerprint density at radius 2 is 1.39 bits per heavy atom. The molecular formula is C26H20O7. The molecule has 0 saturated heterocycles. The average molecular weight is 444 g/mol. The van der Waals surface area contributed by atoms with Gasteiger partial charge in [0.15, 0.2) is 23.4 Å². The second-order valence-corrected chi connectivity index (χ2v) is 7.49. The number of carbonyl (C=O) groups excluding carboxylic acids is 2. The topological polar surface area (TPSA) is 80.3 Å². The molecule has 0 amide bonds. The van der Waals surface area contributed by atoms with Crippen molar-refractivity contribution in [1.82, 2.24) is 0 Å². The number of esters is 2. The molecule has 7 nitrogen and oxygen atoms in total. The molecule has 0 aliphatic carbocycles. The Bertz CT molecular complexity index is 1300. The second kappa shape index (κ2) is 8.02. The molecule has 7 heteroatoms. The van der Waals surface area contributed by atoms with Crippen LogP contribution in [-0.2, 0) is 14.3 Å². The van der Waals surface area contributed by atoms with Crippen LogP contribution in [0, 0.1) is 0 Å². The van der Waals surface area contributed by atoms with E-state index in [1.165, 1.54) is 14.2 Å². The van der Waals surface area contributed by atoms with Crippen LogP contribution in [0.4, 0.5) is 0 Å². The first-order chi connectivity index (χ1) is 16.0. The molecule has 33 heavy (non-hydrogen) atoms. The molecule has 2 heterocycles. The molecule has 2 aliphatic rings. The molecule has 0 saturated carbocycles. The van der Waals surface area contributed by atoms with Crippen molar-refractivity contribution in [3.05, 3.63) is 88.5 Å². The zero-order valence-electron chi connectivity index (χ0n) is 18.2. The number of rotatable bonds is 4. The summed E-state index contributed by atoms with van der Waals surface area (Å²) in [4.78, 5) is 25.8. The van der Waals surface area contributed by atoms with Gasteiger partial charge in [-0.2, -0.15) is 0 Å². The van der Waals surface area contributed by atoms with Crippen molar-refractivity contribution in [2.45, 2.75) is 6.10 Å². The maximum Gasteiger partial charge on any atom is 0.344 e. The average Bonchev–Trinajstić information content (AvgIpc) is 3.18. The van der Waals surface area contributed by atoms with Crippen LogP contribution in [-0.4, -0.2) is 33.3 Å². The molecule has 0 spiro atoms. The van der Waals surface area contributed by atoms with Gasteiger partial charge in [0.2, 0.25) is 0 Å². The van der Waals surface area contributed by atoms with Gasteiger partial charge in [-0.15, -0.1) is 0 Å². The van der Waals surface area contributed by atoms with Crippen LogP contribution < -0.4 is 14.2 Å². The predicted molar refractivity (Wildman–Crippen MR) is 119 cm³/mol. The first-order valence-electron chi connectivity index (χ1n) is 10.2. The largest absolute Gasteiger partial charge is 0.497 e. The lowest BCUT2D eigenvalue weighted by Gasteiger charge is -2.29. The summed E-state index contributed by atoms with van der Waals surface area (Å²) in [7, 11) is 4.64. The van der Waals surface area contributed by atoms with Crippen molar-refractivity contribution < 1.29 is 33.3 Å². The van der Waals surface area contributed by atoms with Gasteiger partial charge in [-0.3, -0.25) is 0 Å². The fraction of sp³-hybridized carbons (Fsp3) is 0.154. The van der Waals surface area contributed by atoms with E-state index in [0.29, 0.717) is 39.5 Å². The van der Waals surface area contributed by atoms with E-state index in [0.717, 1.165) is 5.56 Å². The quantitative estimate of drug-likeness (QED) is 0.436. The smallest absolute Gasteiger partial charge is 0.344 e. The van der Waals surface area contributed by atoms with E-state index in [4.69, 9.17) is 23.7 Å². The summed E-state index contributed by atoms with van der Waals surface area (Å²) in [5.41, 5.74) is 3.08. The Balaban J connectivity index is 1.76. The highest BCUT2D eigenvalue weighted by molar-refractivity contribution is 6.27. The molecule has 0 bridgehead atoms. The normalized spacial score (nSPS) is 18.7. The van der Waals surface area contributed by atoms with Crippen molar-refractivity contribution in [2.24, 2.45) is 0 Å². The monoisotopic (exact) mass is 444 g/mol. The minimum atomic E-state index is -0.699. The highest BCUT2D eigenvalue weighted by Crippen LogP contribution is 2.47. The van der Waals surface area contributed by atoms with Gasteiger partial charge >= 0.3 is 11.9 Å². The molecule has 5 rings (SSSR count). The van der Waals surface area contributed by atoms with E-state index in [9.17, 15) is 9.59 Å². The Kier molecular flexibility index (Phi) is 5.01. The van der Waals surface area contributed by atoms with Gasteiger partial charge in [-0.25, -0.2) is 9.59 Å². The lowest BCUT2D eigenvalue weighted by atomic mass is 9.87. The molecule has 0 fully saturated rings. The predicted octanol–water partition coefficient (Wildman–Crippen LogP) is 4.40.